The lowest BCUT2D eigenvalue weighted by Gasteiger charge is -2.37. The minimum atomic E-state index is -1.38. The molecule has 2 amide bonds. The third kappa shape index (κ3) is 6.23. The minimum absolute atomic E-state index is 0.0317. The van der Waals surface area contributed by atoms with Crippen molar-refractivity contribution in [3.63, 3.8) is 0 Å². The topological polar surface area (TPSA) is 143 Å². The summed E-state index contributed by atoms with van der Waals surface area (Å²) in [5.41, 5.74) is -0.140. The number of halogens is 1. The Labute approximate surface area is 263 Å². The highest BCUT2D eigenvalue weighted by atomic mass is 19.1. The van der Waals surface area contributed by atoms with Crippen molar-refractivity contribution in [2.75, 3.05) is 37.1 Å². The number of anilines is 2. The summed E-state index contributed by atoms with van der Waals surface area (Å²) in [6.45, 7) is 3.95. The number of carbonyl (C=O) groups excluding carboxylic acids is 2. The van der Waals surface area contributed by atoms with Gasteiger partial charge < -0.3 is 39.4 Å². The second-order valence-electron chi connectivity index (χ2n) is 11.3. The molecule has 3 heterocycles. The summed E-state index contributed by atoms with van der Waals surface area (Å²) in [4.78, 5) is 33.1. The van der Waals surface area contributed by atoms with Crippen molar-refractivity contribution >= 4 is 34.1 Å². The Balaban J connectivity index is 1.20. The van der Waals surface area contributed by atoms with E-state index in [9.17, 15) is 24.2 Å². The van der Waals surface area contributed by atoms with E-state index < -0.39 is 29.6 Å². The van der Waals surface area contributed by atoms with Crippen LogP contribution in [0.25, 0.3) is 10.9 Å². The number of aromatic nitrogens is 1. The lowest BCUT2D eigenvalue weighted by Crippen LogP contribution is -2.53. The van der Waals surface area contributed by atoms with E-state index in [2.05, 4.69) is 10.3 Å². The Hall–Kier alpha value is -5.40. The van der Waals surface area contributed by atoms with Gasteiger partial charge in [-0.1, -0.05) is 0 Å². The molecule has 0 saturated heterocycles. The number of rotatable bonds is 8. The van der Waals surface area contributed by atoms with Gasteiger partial charge in [-0.3, -0.25) is 19.5 Å². The Morgan fingerprint density at radius 1 is 1.07 bits per heavy atom. The number of aliphatic hydroxyl groups is 2. The summed E-state index contributed by atoms with van der Waals surface area (Å²) < 4.78 is 37.3. The maximum absolute atomic E-state index is 13.4. The molecule has 0 radical (unpaired) electrons. The third-order valence-electron chi connectivity index (χ3n) is 7.09. The largest absolute Gasteiger partial charge is 0.486 e. The molecule has 3 N–H and O–H groups in total. The van der Waals surface area contributed by atoms with Gasteiger partial charge in [0.05, 0.1) is 16.5 Å². The minimum Gasteiger partial charge on any atom is -0.486 e. The van der Waals surface area contributed by atoms with Crippen LogP contribution >= 0.6 is 0 Å². The van der Waals surface area contributed by atoms with Crippen LogP contribution in [0, 0.1) is 5.82 Å². The molecule has 12 nitrogen and oxygen atoms in total. The molecule has 1 aromatic heterocycles. The standard InChI is InChI=1S/C33H31FN4O8/c1-33(2,42)18-45-26-16-24-27(29-28(26)43-14-15-44-29)25(12-13-35-24)46-22-10-6-20(7-11-22)36-30(39)23-17-37(3)32(41)38(31(23)40)21-8-4-19(34)5-9-21/h4-13,16-17,32,41-42H,14-15,18H2,1-3H3,(H,36,39). The van der Waals surface area contributed by atoms with E-state index in [1.807, 2.05) is 0 Å². The molecule has 0 bridgehead atoms. The van der Waals surface area contributed by atoms with Crippen LogP contribution < -0.4 is 29.2 Å². The second-order valence-corrected chi connectivity index (χ2v) is 11.3. The van der Waals surface area contributed by atoms with Crippen LogP contribution in [0.3, 0.4) is 0 Å². The zero-order valence-electron chi connectivity index (χ0n) is 25.2. The number of amides is 2. The number of nitrogens with zero attached hydrogens (tertiary/aromatic N) is 3. The fourth-order valence-electron chi connectivity index (χ4n) is 4.90. The van der Waals surface area contributed by atoms with Crippen molar-refractivity contribution in [2.45, 2.75) is 25.8 Å². The molecule has 13 heteroatoms. The number of ether oxygens (including phenoxy) is 4. The molecule has 0 saturated carbocycles. The highest BCUT2D eigenvalue weighted by Gasteiger charge is 2.36. The zero-order valence-corrected chi connectivity index (χ0v) is 25.2. The van der Waals surface area contributed by atoms with Gasteiger partial charge in [-0.2, -0.15) is 0 Å². The number of aliphatic hydroxyl groups excluding tert-OH is 1. The van der Waals surface area contributed by atoms with Crippen molar-refractivity contribution < 1.29 is 43.1 Å². The van der Waals surface area contributed by atoms with E-state index in [-0.39, 0.29) is 17.9 Å². The first-order valence-electron chi connectivity index (χ1n) is 14.4. The van der Waals surface area contributed by atoms with Crippen molar-refractivity contribution in [3.8, 4) is 28.7 Å². The van der Waals surface area contributed by atoms with Crippen LogP contribution in [0.15, 0.2) is 78.6 Å². The average Bonchev–Trinajstić information content (AvgIpc) is 3.03. The van der Waals surface area contributed by atoms with Gasteiger partial charge in [-0.15, -0.1) is 0 Å². The van der Waals surface area contributed by atoms with Crippen molar-refractivity contribution in [3.05, 3.63) is 84.5 Å². The number of nitrogens with one attached hydrogen (secondary N) is 1. The van der Waals surface area contributed by atoms with Crippen LogP contribution in [0.4, 0.5) is 15.8 Å². The average molecular weight is 631 g/mol. The fourth-order valence-corrected chi connectivity index (χ4v) is 4.90. The van der Waals surface area contributed by atoms with Crippen LogP contribution in [0.5, 0.6) is 28.7 Å². The lowest BCUT2D eigenvalue weighted by atomic mass is 10.1. The molecule has 238 valence electrons. The van der Waals surface area contributed by atoms with Gasteiger partial charge in [0.25, 0.3) is 11.8 Å². The van der Waals surface area contributed by atoms with Crippen LogP contribution in [0.1, 0.15) is 13.8 Å². The van der Waals surface area contributed by atoms with Crippen molar-refractivity contribution in [2.24, 2.45) is 0 Å². The van der Waals surface area contributed by atoms with Gasteiger partial charge in [0.2, 0.25) is 12.1 Å². The summed E-state index contributed by atoms with van der Waals surface area (Å²) in [6, 6.07) is 14.9. The maximum atomic E-state index is 13.4. The molecule has 6 rings (SSSR count). The predicted octanol–water partition coefficient (Wildman–Crippen LogP) is 4.16. The molecule has 1 unspecified atom stereocenters. The van der Waals surface area contributed by atoms with E-state index in [0.29, 0.717) is 58.6 Å². The smallest absolute Gasteiger partial charge is 0.268 e. The molecule has 46 heavy (non-hydrogen) atoms. The van der Waals surface area contributed by atoms with E-state index in [4.69, 9.17) is 18.9 Å². The fraction of sp³-hybridized carbons (Fsp3) is 0.242. The monoisotopic (exact) mass is 630 g/mol. The summed E-state index contributed by atoms with van der Waals surface area (Å²) in [5.74, 6) is 0.131. The van der Waals surface area contributed by atoms with Gasteiger partial charge in [-0.25, -0.2) is 4.39 Å². The first-order chi connectivity index (χ1) is 22.0. The summed E-state index contributed by atoms with van der Waals surface area (Å²) in [5, 5.41) is 24.0. The number of hydrogen-bond donors (Lipinski definition) is 3. The van der Waals surface area contributed by atoms with Gasteiger partial charge in [-0.05, 0) is 68.4 Å². The third-order valence-corrected chi connectivity index (χ3v) is 7.09. The Bertz CT molecular complexity index is 1820. The molecule has 1 atom stereocenters. The highest BCUT2D eigenvalue weighted by Crippen LogP contribution is 2.48. The van der Waals surface area contributed by atoms with Crippen LogP contribution in [0.2, 0.25) is 0 Å². The van der Waals surface area contributed by atoms with E-state index in [0.717, 1.165) is 17.0 Å². The van der Waals surface area contributed by atoms with Gasteiger partial charge in [0.1, 0.15) is 42.7 Å². The van der Waals surface area contributed by atoms with Crippen molar-refractivity contribution in [1.82, 2.24) is 9.88 Å². The summed E-state index contributed by atoms with van der Waals surface area (Å²) in [7, 11) is 1.51. The summed E-state index contributed by atoms with van der Waals surface area (Å²) in [6.07, 6.45) is 1.45. The first-order valence-corrected chi connectivity index (χ1v) is 14.4. The molecule has 4 aromatic rings. The molecular weight excluding hydrogens is 599 g/mol. The molecular formula is C33H31FN4O8. The second kappa shape index (κ2) is 12.2. The molecule has 0 fully saturated rings. The lowest BCUT2D eigenvalue weighted by molar-refractivity contribution is -0.124. The Morgan fingerprint density at radius 3 is 2.46 bits per heavy atom. The quantitative estimate of drug-likeness (QED) is 0.243. The van der Waals surface area contributed by atoms with Crippen LogP contribution in [-0.4, -0.2) is 70.7 Å². The number of pyridine rings is 1. The molecule has 0 spiro atoms. The molecule has 3 aromatic carbocycles. The molecule has 0 aliphatic carbocycles. The number of fused-ring (bicyclic) bond motifs is 3. The Morgan fingerprint density at radius 2 is 1.76 bits per heavy atom. The van der Waals surface area contributed by atoms with Gasteiger partial charge in [0, 0.05) is 36.9 Å². The van der Waals surface area contributed by atoms with Gasteiger partial charge in [0.15, 0.2) is 11.5 Å². The number of carbonyl (C=O) groups is 2. The maximum Gasteiger partial charge on any atom is 0.268 e. The Kier molecular flexibility index (Phi) is 8.11. The highest BCUT2D eigenvalue weighted by molar-refractivity contribution is 6.27. The van der Waals surface area contributed by atoms with Crippen molar-refractivity contribution in [1.29, 1.82) is 0 Å². The molecule has 2 aliphatic rings. The normalized spacial score (nSPS) is 16.3. The zero-order chi connectivity index (χ0) is 32.6. The SMILES string of the molecule is CN1C=C(C(=O)Nc2ccc(Oc3ccnc4cc(OCC(C)(C)O)c5c(c34)OCCO5)cc2)C(=O)N(c2ccc(F)cc2)C1O. The number of benzene rings is 3. The van der Waals surface area contributed by atoms with E-state index in [1.54, 1.807) is 56.4 Å². The van der Waals surface area contributed by atoms with Gasteiger partial charge >= 0.3 is 0 Å². The van der Waals surface area contributed by atoms with E-state index >= 15 is 0 Å². The van der Waals surface area contributed by atoms with Crippen LogP contribution in [-0.2, 0) is 9.59 Å². The predicted molar refractivity (Wildman–Crippen MR) is 165 cm³/mol. The summed E-state index contributed by atoms with van der Waals surface area (Å²) >= 11 is 0. The number of hydrogen-bond acceptors (Lipinski definition) is 10. The van der Waals surface area contributed by atoms with E-state index in [1.165, 1.54) is 30.3 Å². The first kappa shape index (κ1) is 30.6. The molecule has 2 aliphatic heterocycles.